The van der Waals surface area contributed by atoms with Gasteiger partial charge in [-0.3, -0.25) is 0 Å². The third-order valence-electron chi connectivity index (χ3n) is 6.23. The van der Waals surface area contributed by atoms with E-state index >= 15 is 0 Å². The number of aromatic nitrogens is 2. The summed E-state index contributed by atoms with van der Waals surface area (Å²) < 4.78 is 17.8. The molecule has 1 atom stereocenters. The van der Waals surface area contributed by atoms with Gasteiger partial charge in [0.05, 0.1) is 0 Å². The first-order valence-corrected chi connectivity index (χ1v) is 16.2. The van der Waals surface area contributed by atoms with E-state index in [1.54, 1.807) is 36.8 Å². The second-order valence-corrected chi connectivity index (χ2v) is 14.1. The van der Waals surface area contributed by atoms with Crippen molar-refractivity contribution in [2.75, 3.05) is 11.4 Å². The Hall–Kier alpha value is -1.91. The molecule has 0 bridgehead atoms. The second-order valence-electron chi connectivity index (χ2n) is 9.66. The van der Waals surface area contributed by atoms with E-state index in [0.29, 0.717) is 15.2 Å². The fraction of sp³-hybridized carbons (Fsp3) is 0.667. The van der Waals surface area contributed by atoms with E-state index in [9.17, 15) is 17.5 Å². The maximum atomic E-state index is 13.8. The number of anilines is 1. The number of ether oxygens (including phenoxy) is 1. The van der Waals surface area contributed by atoms with Crippen LogP contribution in [0.4, 0.5) is 10.6 Å². The topological polar surface area (TPSA) is 110 Å². The third kappa shape index (κ3) is 3.89. The molecular weight excluding hydrogens is 507 g/mol. The molecular formula is C21H28N4O5Sn. The fourth-order valence-electron chi connectivity index (χ4n) is 4.75. The summed E-state index contributed by atoms with van der Waals surface area (Å²) in [5, 5.41) is 0. The Labute approximate surface area is 188 Å². The van der Waals surface area contributed by atoms with E-state index in [0.717, 1.165) is 30.6 Å². The Morgan fingerprint density at radius 2 is 1.90 bits per heavy atom. The van der Waals surface area contributed by atoms with Crippen LogP contribution >= 0.6 is 0 Å². The van der Waals surface area contributed by atoms with Crippen molar-refractivity contribution in [2.45, 2.75) is 75.9 Å². The first-order chi connectivity index (χ1) is 14.5. The number of hydrogen-bond donors (Lipinski definition) is 0. The molecule has 0 radical (unpaired) electrons. The van der Waals surface area contributed by atoms with Crippen molar-refractivity contribution in [3.8, 4) is 0 Å². The van der Waals surface area contributed by atoms with Gasteiger partial charge in [-0.05, 0) is 0 Å². The van der Waals surface area contributed by atoms with Gasteiger partial charge in [-0.2, -0.15) is 0 Å². The Morgan fingerprint density at radius 3 is 2.52 bits per heavy atom. The SMILES string of the molecule is [CH3][Sn](=[O])[c]1ncc2c(n1)N(C1CCCC1)C(=O)[C@]1(CCN(C(=O)OC(C)(C)C)C1=O)C2. The molecule has 1 aliphatic carbocycles. The van der Waals surface area contributed by atoms with Crippen LogP contribution in [0.5, 0.6) is 0 Å². The minimum atomic E-state index is -3.07. The second kappa shape index (κ2) is 7.90. The average Bonchev–Trinajstić information content (AvgIpc) is 3.30. The standard InChI is InChI=1S/C20H25N4O4.CH3.O.Sn/c1-19(2,3)28-18(27)23-9-8-20(16(23)25)10-13-11-21-12-22-15(13)24(17(20)26)14-6-4-5-7-14;;;/h11,14H,4-10H2,1-3H3;1H3;;/t20-;;;/m1.../s1. The van der Waals surface area contributed by atoms with Gasteiger partial charge in [0.1, 0.15) is 0 Å². The summed E-state index contributed by atoms with van der Waals surface area (Å²) in [5.41, 5.74) is -1.39. The van der Waals surface area contributed by atoms with Gasteiger partial charge in [0.2, 0.25) is 0 Å². The summed E-state index contributed by atoms with van der Waals surface area (Å²) in [7, 11) is 0. The zero-order valence-corrected chi connectivity index (χ0v) is 21.3. The molecule has 1 aromatic rings. The third-order valence-corrected chi connectivity index (χ3v) is 8.71. The van der Waals surface area contributed by atoms with Crippen molar-refractivity contribution < 1.29 is 22.2 Å². The number of amides is 3. The summed E-state index contributed by atoms with van der Waals surface area (Å²) in [6, 6.07) is -0.0508. The zero-order chi connectivity index (χ0) is 22.6. The van der Waals surface area contributed by atoms with Gasteiger partial charge in [0, 0.05) is 0 Å². The van der Waals surface area contributed by atoms with Crippen molar-refractivity contribution in [3.05, 3.63) is 11.8 Å². The number of carbonyl (C=O) groups excluding carboxylic acids is 3. The Kier molecular flexibility index (Phi) is 5.68. The first-order valence-electron chi connectivity index (χ1n) is 10.8. The van der Waals surface area contributed by atoms with Crippen LogP contribution in [0.3, 0.4) is 0 Å². The average molecular weight is 535 g/mol. The molecule has 9 nitrogen and oxygen atoms in total. The van der Waals surface area contributed by atoms with Gasteiger partial charge in [0.15, 0.2) is 0 Å². The molecule has 10 heteroatoms. The number of rotatable bonds is 2. The number of hydrogen-bond acceptors (Lipinski definition) is 7. The van der Waals surface area contributed by atoms with E-state index < -0.39 is 42.8 Å². The number of carbonyl (C=O) groups is 3. The van der Waals surface area contributed by atoms with Crippen molar-refractivity contribution >= 4 is 47.3 Å². The van der Waals surface area contributed by atoms with E-state index in [4.69, 9.17) is 4.74 Å². The van der Waals surface area contributed by atoms with Crippen molar-refractivity contribution in [2.24, 2.45) is 5.41 Å². The van der Waals surface area contributed by atoms with Gasteiger partial charge < -0.3 is 0 Å². The maximum absolute atomic E-state index is 13.8. The van der Waals surface area contributed by atoms with Crippen LogP contribution in [0.2, 0.25) is 4.94 Å². The Morgan fingerprint density at radius 1 is 1.23 bits per heavy atom. The van der Waals surface area contributed by atoms with Crippen LogP contribution in [0.15, 0.2) is 6.20 Å². The molecule has 0 unspecified atom stereocenters. The van der Waals surface area contributed by atoms with E-state index in [2.05, 4.69) is 9.97 Å². The summed E-state index contributed by atoms with van der Waals surface area (Å²) in [6.45, 7) is 5.35. The monoisotopic (exact) mass is 536 g/mol. The predicted octanol–water partition coefficient (Wildman–Crippen LogP) is 1.72. The quantitative estimate of drug-likeness (QED) is 0.419. The van der Waals surface area contributed by atoms with Crippen LogP contribution in [0, 0.1) is 5.41 Å². The molecule has 0 aromatic carbocycles. The summed E-state index contributed by atoms with van der Waals surface area (Å²) in [4.78, 5) is 53.1. The number of nitrogens with zero attached hydrogens (tertiary/aromatic N) is 4. The number of likely N-dealkylation sites (tertiary alicyclic amines) is 1. The van der Waals surface area contributed by atoms with Gasteiger partial charge in [-0.1, -0.05) is 0 Å². The molecule has 3 aliphatic rings. The molecule has 2 fully saturated rings. The molecule has 1 saturated carbocycles. The Balaban J connectivity index is 1.73. The molecule has 31 heavy (non-hydrogen) atoms. The summed E-state index contributed by atoms with van der Waals surface area (Å²) in [5.74, 6) is -0.327. The molecule has 1 aromatic heterocycles. The van der Waals surface area contributed by atoms with Gasteiger partial charge in [-0.25, -0.2) is 0 Å². The summed E-state index contributed by atoms with van der Waals surface area (Å²) in [6.07, 6.45) is 4.94. The zero-order valence-electron chi connectivity index (χ0n) is 18.4. The van der Waals surface area contributed by atoms with Gasteiger partial charge in [-0.15, -0.1) is 0 Å². The van der Waals surface area contributed by atoms with Crippen LogP contribution in [-0.2, 0) is 23.8 Å². The number of fused-ring (bicyclic) bond motifs is 1. The first kappa shape index (κ1) is 22.3. The van der Waals surface area contributed by atoms with Crippen LogP contribution in [-0.4, -0.2) is 70.7 Å². The molecule has 1 spiro atoms. The summed E-state index contributed by atoms with van der Waals surface area (Å²) >= 11 is -3.07. The van der Waals surface area contributed by atoms with Crippen molar-refractivity contribution in [1.29, 1.82) is 0 Å². The van der Waals surface area contributed by atoms with Crippen molar-refractivity contribution in [3.63, 3.8) is 0 Å². The number of imide groups is 1. The molecule has 166 valence electrons. The van der Waals surface area contributed by atoms with E-state index in [1.165, 1.54) is 0 Å². The molecule has 1 saturated heterocycles. The van der Waals surface area contributed by atoms with Crippen LogP contribution < -0.4 is 8.74 Å². The van der Waals surface area contributed by atoms with Gasteiger partial charge >= 0.3 is 189 Å². The molecule has 3 heterocycles. The molecule has 3 amide bonds. The predicted molar refractivity (Wildman–Crippen MR) is 112 cm³/mol. The normalized spacial score (nSPS) is 24.1. The molecule has 0 N–H and O–H groups in total. The van der Waals surface area contributed by atoms with Crippen LogP contribution in [0.25, 0.3) is 0 Å². The van der Waals surface area contributed by atoms with E-state index in [1.807, 2.05) is 0 Å². The fourth-order valence-corrected chi connectivity index (χ4v) is 6.21. The molecule has 4 rings (SSSR count). The Bertz CT molecular complexity index is 969. The van der Waals surface area contributed by atoms with Gasteiger partial charge in [0.25, 0.3) is 0 Å². The minimum absolute atomic E-state index is 0.0508. The van der Waals surface area contributed by atoms with E-state index in [-0.39, 0.29) is 31.3 Å². The molecule has 2 aliphatic heterocycles. The van der Waals surface area contributed by atoms with Crippen LogP contribution in [0.1, 0.15) is 58.4 Å². The van der Waals surface area contributed by atoms with Crippen molar-refractivity contribution in [1.82, 2.24) is 14.9 Å².